The Morgan fingerprint density at radius 2 is 1.87 bits per heavy atom. The minimum Gasteiger partial charge on any atom is -0.364 e. The van der Waals surface area contributed by atoms with E-state index in [0.29, 0.717) is 31.6 Å². The first-order chi connectivity index (χ1) is 14.1. The summed E-state index contributed by atoms with van der Waals surface area (Å²) >= 11 is 0. The molecule has 0 saturated carbocycles. The average Bonchev–Trinajstić information content (AvgIpc) is 2.77. The first kappa shape index (κ1) is 22.3. The summed E-state index contributed by atoms with van der Waals surface area (Å²) < 4.78 is 5.99. The number of benzene rings is 2. The maximum atomic E-state index is 13.1. The van der Waals surface area contributed by atoms with Crippen LogP contribution in [0.2, 0.25) is 0 Å². The lowest BCUT2D eigenvalue weighted by atomic mass is 9.76. The topological polar surface area (TPSA) is 75.9 Å². The standard InChI is InChI=1S/C23H27N3O3.ClH/c1-25-21(27)16-29-20-15-26(14-12-23(20,25)19-5-3-2-4-6-19)22(28)18-9-7-17(8-10-18)11-13-24;/h2-10,20H,11-16,24H2,1H3;1H/t20-,23+;/m1./s1. The molecule has 160 valence electrons. The Kier molecular flexibility index (Phi) is 6.81. The highest BCUT2D eigenvalue weighted by Gasteiger charge is 2.53. The molecule has 0 radical (unpaired) electrons. The molecule has 2 aliphatic heterocycles. The molecule has 0 aliphatic carbocycles. The highest BCUT2D eigenvalue weighted by atomic mass is 35.5. The predicted molar refractivity (Wildman–Crippen MR) is 118 cm³/mol. The minimum atomic E-state index is -0.543. The van der Waals surface area contributed by atoms with E-state index in [2.05, 4.69) is 0 Å². The van der Waals surface area contributed by atoms with Crippen LogP contribution in [0.4, 0.5) is 0 Å². The van der Waals surface area contributed by atoms with Crippen LogP contribution >= 0.6 is 12.4 Å². The number of nitrogens with two attached hydrogens (primary N) is 1. The second-order valence-corrected chi connectivity index (χ2v) is 7.78. The van der Waals surface area contributed by atoms with Gasteiger partial charge in [-0.2, -0.15) is 0 Å². The number of likely N-dealkylation sites (tertiary alicyclic amines) is 1. The third-order valence-corrected chi connectivity index (χ3v) is 6.26. The van der Waals surface area contributed by atoms with Gasteiger partial charge in [-0.05, 0) is 42.6 Å². The number of carbonyl (C=O) groups excluding carboxylic acids is 2. The third kappa shape index (κ3) is 3.83. The lowest BCUT2D eigenvalue weighted by molar-refractivity contribution is -0.180. The van der Waals surface area contributed by atoms with Gasteiger partial charge in [0.2, 0.25) is 5.91 Å². The number of morpholine rings is 1. The quantitative estimate of drug-likeness (QED) is 0.808. The fourth-order valence-corrected chi connectivity index (χ4v) is 4.57. The van der Waals surface area contributed by atoms with Crippen molar-refractivity contribution in [2.75, 3.05) is 33.3 Å². The van der Waals surface area contributed by atoms with E-state index in [1.807, 2.05) is 71.4 Å². The summed E-state index contributed by atoms with van der Waals surface area (Å²) in [5, 5.41) is 0. The minimum absolute atomic E-state index is 0. The van der Waals surface area contributed by atoms with Crippen LogP contribution in [-0.2, 0) is 21.5 Å². The highest BCUT2D eigenvalue weighted by molar-refractivity contribution is 5.94. The van der Waals surface area contributed by atoms with Crippen LogP contribution in [0.3, 0.4) is 0 Å². The zero-order valence-corrected chi connectivity index (χ0v) is 17.9. The Labute approximate surface area is 183 Å². The van der Waals surface area contributed by atoms with Gasteiger partial charge in [-0.3, -0.25) is 9.59 Å². The molecule has 2 saturated heterocycles. The lowest BCUT2D eigenvalue weighted by Crippen LogP contribution is -2.67. The van der Waals surface area contributed by atoms with Crippen molar-refractivity contribution < 1.29 is 14.3 Å². The Morgan fingerprint density at radius 1 is 1.17 bits per heavy atom. The van der Waals surface area contributed by atoms with Gasteiger partial charge >= 0.3 is 0 Å². The molecule has 6 nitrogen and oxygen atoms in total. The first-order valence-corrected chi connectivity index (χ1v) is 10.1. The molecule has 0 unspecified atom stereocenters. The van der Waals surface area contributed by atoms with Crippen LogP contribution in [0.15, 0.2) is 54.6 Å². The van der Waals surface area contributed by atoms with E-state index in [9.17, 15) is 9.59 Å². The van der Waals surface area contributed by atoms with E-state index in [0.717, 1.165) is 17.5 Å². The molecular weight excluding hydrogens is 402 g/mol. The van der Waals surface area contributed by atoms with E-state index in [4.69, 9.17) is 10.5 Å². The average molecular weight is 430 g/mol. The molecule has 2 heterocycles. The largest absolute Gasteiger partial charge is 0.364 e. The number of amides is 2. The van der Waals surface area contributed by atoms with Crippen LogP contribution < -0.4 is 5.73 Å². The molecule has 7 heteroatoms. The number of likely N-dealkylation sites (N-methyl/N-ethyl adjacent to an activating group) is 1. The van der Waals surface area contributed by atoms with Crippen molar-refractivity contribution in [1.82, 2.24) is 9.80 Å². The molecule has 2 aliphatic rings. The van der Waals surface area contributed by atoms with Gasteiger partial charge in [0.25, 0.3) is 5.91 Å². The van der Waals surface area contributed by atoms with E-state index >= 15 is 0 Å². The summed E-state index contributed by atoms with van der Waals surface area (Å²) in [6, 6.07) is 17.7. The number of carbonyl (C=O) groups is 2. The molecule has 2 N–H and O–H groups in total. The summed E-state index contributed by atoms with van der Waals surface area (Å²) in [5.74, 6) is -0.0329. The van der Waals surface area contributed by atoms with Crippen LogP contribution in [0.25, 0.3) is 0 Å². The van der Waals surface area contributed by atoms with Gasteiger partial charge < -0.3 is 20.3 Å². The Bertz CT molecular complexity index is 890. The van der Waals surface area contributed by atoms with Gasteiger partial charge in [0, 0.05) is 25.7 Å². The zero-order chi connectivity index (χ0) is 20.4. The van der Waals surface area contributed by atoms with Crippen LogP contribution in [0, 0.1) is 0 Å². The molecule has 4 rings (SSSR count). The molecular formula is C23H28ClN3O3. The van der Waals surface area contributed by atoms with Gasteiger partial charge in [0.05, 0.1) is 5.54 Å². The Morgan fingerprint density at radius 3 is 2.53 bits per heavy atom. The van der Waals surface area contributed by atoms with E-state index in [-0.39, 0.29) is 36.9 Å². The Hall–Kier alpha value is -2.41. The van der Waals surface area contributed by atoms with Crippen molar-refractivity contribution in [1.29, 1.82) is 0 Å². The second kappa shape index (κ2) is 9.16. The molecule has 30 heavy (non-hydrogen) atoms. The SMILES string of the molecule is CN1C(=O)CO[C@@H]2CN(C(=O)c3ccc(CCN)cc3)CC[C@]21c1ccccc1.Cl. The van der Waals surface area contributed by atoms with E-state index in [1.54, 1.807) is 0 Å². The molecule has 0 bridgehead atoms. The van der Waals surface area contributed by atoms with Crippen molar-refractivity contribution in [3.8, 4) is 0 Å². The molecule has 0 aromatic heterocycles. The number of fused-ring (bicyclic) bond motifs is 1. The maximum absolute atomic E-state index is 13.1. The van der Waals surface area contributed by atoms with Crippen molar-refractivity contribution in [2.24, 2.45) is 5.73 Å². The van der Waals surface area contributed by atoms with Gasteiger partial charge in [0.15, 0.2) is 0 Å². The summed E-state index contributed by atoms with van der Waals surface area (Å²) in [6.45, 7) is 1.66. The number of halogens is 1. The van der Waals surface area contributed by atoms with Gasteiger partial charge in [-0.15, -0.1) is 12.4 Å². The summed E-state index contributed by atoms with van der Waals surface area (Å²) in [7, 11) is 1.85. The van der Waals surface area contributed by atoms with Crippen molar-refractivity contribution in [3.05, 3.63) is 71.3 Å². The number of ether oxygens (including phenoxy) is 1. The number of rotatable bonds is 4. The summed E-state index contributed by atoms with van der Waals surface area (Å²) in [6.07, 6.45) is 1.18. The molecule has 2 amide bonds. The zero-order valence-electron chi connectivity index (χ0n) is 17.1. The molecule has 2 atom stereocenters. The fourth-order valence-electron chi connectivity index (χ4n) is 4.57. The van der Waals surface area contributed by atoms with Crippen LogP contribution in [-0.4, -0.2) is 61.0 Å². The number of piperidine rings is 1. The molecule has 2 aromatic rings. The molecule has 0 spiro atoms. The van der Waals surface area contributed by atoms with Gasteiger partial charge in [-0.25, -0.2) is 0 Å². The van der Waals surface area contributed by atoms with Crippen LogP contribution in [0.1, 0.15) is 27.9 Å². The van der Waals surface area contributed by atoms with Gasteiger partial charge in [0.1, 0.15) is 12.7 Å². The first-order valence-electron chi connectivity index (χ1n) is 10.1. The second-order valence-electron chi connectivity index (χ2n) is 7.78. The van der Waals surface area contributed by atoms with Crippen molar-refractivity contribution >= 4 is 24.2 Å². The third-order valence-electron chi connectivity index (χ3n) is 6.26. The number of nitrogens with zero attached hydrogens (tertiary/aromatic N) is 2. The van der Waals surface area contributed by atoms with E-state index in [1.165, 1.54) is 0 Å². The van der Waals surface area contributed by atoms with Gasteiger partial charge in [-0.1, -0.05) is 42.5 Å². The van der Waals surface area contributed by atoms with Crippen molar-refractivity contribution in [3.63, 3.8) is 0 Å². The summed E-state index contributed by atoms with van der Waals surface area (Å²) in [5.41, 5.74) is 7.90. The molecule has 2 aromatic carbocycles. The van der Waals surface area contributed by atoms with Crippen LogP contribution in [0.5, 0.6) is 0 Å². The Balaban J connectivity index is 0.00000256. The molecule has 2 fully saturated rings. The van der Waals surface area contributed by atoms with Crippen molar-refractivity contribution in [2.45, 2.75) is 24.5 Å². The maximum Gasteiger partial charge on any atom is 0.253 e. The number of hydrogen-bond donors (Lipinski definition) is 1. The predicted octanol–water partition coefficient (Wildman–Crippen LogP) is 2.21. The smallest absolute Gasteiger partial charge is 0.253 e. The summed E-state index contributed by atoms with van der Waals surface area (Å²) in [4.78, 5) is 29.2. The monoisotopic (exact) mass is 429 g/mol. The highest BCUT2D eigenvalue weighted by Crippen LogP contribution is 2.42. The normalized spacial score (nSPS) is 23.5. The lowest BCUT2D eigenvalue weighted by Gasteiger charge is -2.54. The number of hydrogen-bond acceptors (Lipinski definition) is 4. The van der Waals surface area contributed by atoms with E-state index < -0.39 is 5.54 Å². The fraction of sp³-hybridized carbons (Fsp3) is 0.391.